The summed E-state index contributed by atoms with van der Waals surface area (Å²) in [5, 5.41) is 13.8. The Morgan fingerprint density at radius 1 is 1.04 bits per heavy atom. The largest absolute Gasteiger partial charge is 0.345 e. The van der Waals surface area contributed by atoms with E-state index in [4.69, 9.17) is 0 Å². The molecule has 2 amide bonds. The van der Waals surface area contributed by atoms with Gasteiger partial charge in [-0.2, -0.15) is 0 Å². The lowest BCUT2D eigenvalue weighted by molar-refractivity contribution is 0.0949. The van der Waals surface area contributed by atoms with Crippen molar-refractivity contribution in [2.45, 2.75) is 13.5 Å². The highest BCUT2D eigenvalue weighted by molar-refractivity contribution is 7.13. The summed E-state index contributed by atoms with van der Waals surface area (Å²) in [6, 6.07) is 12.7. The Bertz CT molecular complexity index is 940. The van der Waals surface area contributed by atoms with Gasteiger partial charge in [0.15, 0.2) is 0 Å². The smallest absolute Gasteiger partial charge is 0.286 e. The fourth-order valence-electron chi connectivity index (χ4n) is 2.21. The molecule has 0 atom stereocenters. The molecule has 26 heavy (non-hydrogen) atoms. The summed E-state index contributed by atoms with van der Waals surface area (Å²) < 4.78 is 12.9. The number of rotatable bonds is 5. The zero-order valence-corrected chi connectivity index (χ0v) is 14.6. The predicted molar refractivity (Wildman–Crippen MR) is 96.6 cm³/mol. The number of benzene rings is 2. The van der Waals surface area contributed by atoms with Crippen molar-refractivity contribution in [1.29, 1.82) is 0 Å². The molecule has 0 aliphatic carbocycles. The molecule has 0 spiro atoms. The van der Waals surface area contributed by atoms with E-state index in [2.05, 4.69) is 20.8 Å². The number of halogens is 1. The minimum absolute atomic E-state index is 0.162. The second-order valence-corrected chi connectivity index (χ2v) is 6.52. The topological polar surface area (TPSA) is 84.0 Å². The van der Waals surface area contributed by atoms with Gasteiger partial charge in [-0.1, -0.05) is 29.5 Å². The van der Waals surface area contributed by atoms with Gasteiger partial charge in [-0.05, 0) is 42.8 Å². The van der Waals surface area contributed by atoms with Crippen LogP contribution in [-0.4, -0.2) is 22.0 Å². The normalized spacial score (nSPS) is 10.4. The molecule has 1 aromatic heterocycles. The van der Waals surface area contributed by atoms with Crippen LogP contribution in [0.15, 0.2) is 48.5 Å². The summed E-state index contributed by atoms with van der Waals surface area (Å²) in [7, 11) is 0. The second kappa shape index (κ2) is 7.83. The van der Waals surface area contributed by atoms with Crippen LogP contribution in [0.4, 0.5) is 10.1 Å². The van der Waals surface area contributed by atoms with Gasteiger partial charge in [0.2, 0.25) is 5.01 Å². The Labute approximate surface area is 153 Å². The summed E-state index contributed by atoms with van der Waals surface area (Å²) in [6.45, 7) is 2.03. The van der Waals surface area contributed by atoms with E-state index in [0.29, 0.717) is 16.3 Å². The molecule has 0 radical (unpaired) electrons. The van der Waals surface area contributed by atoms with Crippen LogP contribution in [0.25, 0.3) is 0 Å². The molecular weight excluding hydrogens is 355 g/mol. The van der Waals surface area contributed by atoms with Crippen molar-refractivity contribution < 1.29 is 14.0 Å². The number of hydrogen-bond donors (Lipinski definition) is 2. The molecular formula is C18H15FN4O2S. The lowest BCUT2D eigenvalue weighted by atomic mass is 10.1. The molecule has 3 aromatic rings. The Morgan fingerprint density at radius 3 is 2.50 bits per heavy atom. The van der Waals surface area contributed by atoms with Crippen molar-refractivity contribution in [3.05, 3.63) is 75.5 Å². The van der Waals surface area contributed by atoms with Crippen LogP contribution in [0.2, 0.25) is 0 Å². The van der Waals surface area contributed by atoms with Gasteiger partial charge in [-0.25, -0.2) is 4.39 Å². The zero-order valence-electron chi connectivity index (χ0n) is 13.8. The van der Waals surface area contributed by atoms with Crippen LogP contribution in [0, 0.1) is 12.7 Å². The van der Waals surface area contributed by atoms with Crippen LogP contribution in [0.5, 0.6) is 0 Å². The molecule has 2 aromatic carbocycles. The van der Waals surface area contributed by atoms with Gasteiger partial charge in [0.05, 0.1) is 6.54 Å². The summed E-state index contributed by atoms with van der Waals surface area (Å²) in [5.41, 5.74) is 1.92. The number of anilines is 1. The summed E-state index contributed by atoms with van der Waals surface area (Å²) in [6.07, 6.45) is 0. The maximum atomic E-state index is 12.9. The number of carbonyl (C=O) groups is 2. The molecule has 0 saturated carbocycles. The van der Waals surface area contributed by atoms with Crippen molar-refractivity contribution in [1.82, 2.24) is 15.5 Å². The number of nitrogens with one attached hydrogen (secondary N) is 2. The van der Waals surface area contributed by atoms with Crippen LogP contribution < -0.4 is 10.6 Å². The zero-order chi connectivity index (χ0) is 18.5. The van der Waals surface area contributed by atoms with Crippen LogP contribution in [-0.2, 0) is 6.54 Å². The van der Waals surface area contributed by atoms with Gasteiger partial charge in [0.1, 0.15) is 10.8 Å². The summed E-state index contributed by atoms with van der Waals surface area (Å²) >= 11 is 1.08. The first-order valence-corrected chi connectivity index (χ1v) is 8.58. The highest BCUT2D eigenvalue weighted by atomic mass is 32.1. The maximum absolute atomic E-state index is 12.9. The number of nitrogens with zero attached hydrogens (tertiary/aromatic N) is 2. The van der Waals surface area contributed by atoms with Gasteiger partial charge in [-0.15, -0.1) is 10.2 Å². The average molecular weight is 370 g/mol. The standard InChI is InChI=1S/C18H15FN4O2S/c1-11-4-2-3-5-14(11)16(24)20-10-15-22-23-18(26-15)17(25)21-13-8-6-12(19)7-9-13/h2-9H,10H2,1H3,(H,20,24)(H,21,25). The summed E-state index contributed by atoms with van der Waals surface area (Å²) in [4.78, 5) is 24.3. The molecule has 132 valence electrons. The quantitative estimate of drug-likeness (QED) is 0.723. The van der Waals surface area contributed by atoms with Crippen molar-refractivity contribution in [2.75, 3.05) is 5.32 Å². The minimum atomic E-state index is -0.439. The first-order valence-electron chi connectivity index (χ1n) is 7.76. The van der Waals surface area contributed by atoms with E-state index in [1.807, 2.05) is 19.1 Å². The maximum Gasteiger partial charge on any atom is 0.286 e. The first kappa shape index (κ1) is 17.7. The van der Waals surface area contributed by atoms with E-state index < -0.39 is 5.91 Å². The third-order valence-corrected chi connectivity index (χ3v) is 4.48. The van der Waals surface area contributed by atoms with Gasteiger partial charge in [0.25, 0.3) is 11.8 Å². The van der Waals surface area contributed by atoms with Crippen LogP contribution in [0.3, 0.4) is 0 Å². The summed E-state index contributed by atoms with van der Waals surface area (Å²) in [5.74, 6) is -1.04. The Morgan fingerprint density at radius 2 is 1.77 bits per heavy atom. The molecule has 0 aliphatic rings. The van der Waals surface area contributed by atoms with Crippen molar-refractivity contribution >= 4 is 28.8 Å². The number of hydrogen-bond acceptors (Lipinski definition) is 5. The van der Waals surface area contributed by atoms with Crippen molar-refractivity contribution in [2.24, 2.45) is 0 Å². The van der Waals surface area contributed by atoms with Gasteiger partial charge in [0, 0.05) is 11.3 Å². The minimum Gasteiger partial charge on any atom is -0.345 e. The Hall–Kier alpha value is -3.13. The van der Waals surface area contributed by atoms with E-state index in [0.717, 1.165) is 16.9 Å². The highest BCUT2D eigenvalue weighted by Gasteiger charge is 2.14. The van der Waals surface area contributed by atoms with E-state index in [9.17, 15) is 14.0 Å². The molecule has 0 aliphatic heterocycles. The number of carbonyl (C=O) groups excluding carboxylic acids is 2. The van der Waals surface area contributed by atoms with E-state index in [-0.39, 0.29) is 23.3 Å². The average Bonchev–Trinajstić information content (AvgIpc) is 3.11. The third kappa shape index (κ3) is 4.28. The molecule has 8 heteroatoms. The molecule has 0 unspecified atom stereocenters. The molecule has 0 bridgehead atoms. The van der Waals surface area contributed by atoms with E-state index >= 15 is 0 Å². The van der Waals surface area contributed by atoms with Crippen LogP contribution in [0.1, 0.15) is 30.7 Å². The van der Waals surface area contributed by atoms with Gasteiger partial charge in [-0.3, -0.25) is 9.59 Å². The second-order valence-electron chi connectivity index (χ2n) is 5.46. The third-order valence-electron chi connectivity index (χ3n) is 3.55. The van der Waals surface area contributed by atoms with Crippen LogP contribution >= 0.6 is 11.3 Å². The molecule has 0 fully saturated rings. The fraction of sp³-hybridized carbons (Fsp3) is 0.111. The predicted octanol–water partition coefficient (Wildman–Crippen LogP) is 3.17. The number of aryl methyl sites for hydroxylation is 1. The van der Waals surface area contributed by atoms with Gasteiger partial charge >= 0.3 is 0 Å². The molecule has 2 N–H and O–H groups in total. The number of aromatic nitrogens is 2. The molecule has 0 saturated heterocycles. The molecule has 1 heterocycles. The van der Waals surface area contributed by atoms with E-state index in [1.165, 1.54) is 24.3 Å². The SMILES string of the molecule is Cc1ccccc1C(=O)NCc1nnc(C(=O)Nc2ccc(F)cc2)s1. The first-order chi connectivity index (χ1) is 12.5. The van der Waals surface area contributed by atoms with Gasteiger partial charge < -0.3 is 10.6 Å². The lowest BCUT2D eigenvalue weighted by Gasteiger charge is -2.05. The lowest BCUT2D eigenvalue weighted by Crippen LogP contribution is -2.23. The molecule has 3 rings (SSSR count). The molecule has 6 nitrogen and oxygen atoms in total. The fourth-order valence-corrected chi connectivity index (χ4v) is 2.89. The Kier molecular flexibility index (Phi) is 5.33. The Balaban J connectivity index is 1.59. The monoisotopic (exact) mass is 370 g/mol. The highest BCUT2D eigenvalue weighted by Crippen LogP contribution is 2.14. The van der Waals surface area contributed by atoms with Crippen molar-refractivity contribution in [3.63, 3.8) is 0 Å². The van der Waals surface area contributed by atoms with E-state index in [1.54, 1.807) is 12.1 Å². The van der Waals surface area contributed by atoms with Crippen molar-refractivity contribution in [3.8, 4) is 0 Å². The number of amides is 2.